The lowest BCUT2D eigenvalue weighted by Crippen LogP contribution is -2.57. The highest BCUT2D eigenvalue weighted by Gasteiger charge is 2.45. The SMILES string of the molecule is CC[C@H](C)[C@@H]([C@@H](CC(=O)N1CCC[C@H]1[C@H](OC)[C@@H](C)C(=O)N(c1ccc(NC(=O)C(F)(F)F)cc1)S(C)(=O)=O)OC)N(C)C(=O)[C@@H](NC(=O)O)C(C)C. The zero-order valence-corrected chi connectivity index (χ0v) is 32.3. The molecule has 1 aliphatic rings. The number of likely N-dealkylation sites (tertiary alicyclic amines) is 1. The molecule has 1 heterocycles. The molecule has 0 saturated carbocycles. The van der Waals surface area contributed by atoms with E-state index in [0.717, 1.165) is 30.5 Å². The molecule has 2 rings (SSSR count). The second-order valence-electron chi connectivity index (χ2n) is 13.6. The molecule has 5 amide bonds. The smallest absolute Gasteiger partial charge is 0.465 e. The van der Waals surface area contributed by atoms with Gasteiger partial charge in [-0.2, -0.15) is 13.2 Å². The number of hydrogen-bond acceptors (Lipinski definition) is 9. The number of hydrogen-bond donors (Lipinski definition) is 3. The average molecular weight is 780 g/mol. The molecule has 0 spiro atoms. The van der Waals surface area contributed by atoms with Crippen LogP contribution >= 0.6 is 0 Å². The van der Waals surface area contributed by atoms with Gasteiger partial charge in [0.2, 0.25) is 27.7 Å². The Bertz CT molecular complexity index is 1560. The largest absolute Gasteiger partial charge is 0.471 e. The predicted molar refractivity (Wildman–Crippen MR) is 189 cm³/mol. The lowest BCUT2D eigenvalue weighted by molar-refractivity contribution is -0.167. The molecular formula is C34H52F3N5O10S. The zero-order chi connectivity index (χ0) is 40.6. The molecule has 0 aromatic heterocycles. The van der Waals surface area contributed by atoms with Crippen LogP contribution in [0.1, 0.15) is 60.3 Å². The first-order valence-electron chi connectivity index (χ1n) is 17.1. The quantitative estimate of drug-likeness (QED) is 0.210. The van der Waals surface area contributed by atoms with Crippen molar-refractivity contribution in [1.82, 2.24) is 15.1 Å². The Hall–Kier alpha value is -3.97. The van der Waals surface area contributed by atoms with Gasteiger partial charge in [-0.1, -0.05) is 41.0 Å². The molecule has 0 bridgehead atoms. The van der Waals surface area contributed by atoms with Crippen molar-refractivity contribution in [3.63, 3.8) is 0 Å². The Balaban J connectivity index is 2.37. The summed E-state index contributed by atoms with van der Waals surface area (Å²) in [6.45, 7) is 8.97. The van der Waals surface area contributed by atoms with Gasteiger partial charge in [-0.05, 0) is 48.9 Å². The van der Waals surface area contributed by atoms with Crippen molar-refractivity contribution < 1.29 is 60.1 Å². The Kier molecular flexibility index (Phi) is 16.1. The number of rotatable bonds is 17. The third kappa shape index (κ3) is 11.5. The van der Waals surface area contributed by atoms with E-state index in [1.54, 1.807) is 31.1 Å². The topological polar surface area (TPSA) is 192 Å². The number of anilines is 2. The van der Waals surface area contributed by atoms with Crippen molar-refractivity contribution in [1.29, 1.82) is 0 Å². The Morgan fingerprint density at radius 3 is 2.06 bits per heavy atom. The maximum Gasteiger partial charge on any atom is 0.471 e. The predicted octanol–water partition coefficient (Wildman–Crippen LogP) is 3.69. The number of carbonyl (C=O) groups is 5. The molecule has 1 fully saturated rings. The van der Waals surface area contributed by atoms with E-state index in [-0.39, 0.29) is 35.5 Å². The van der Waals surface area contributed by atoms with Gasteiger partial charge in [0.25, 0.3) is 0 Å². The molecule has 7 atom stereocenters. The number of halogens is 3. The van der Waals surface area contributed by atoms with E-state index in [2.05, 4.69) is 5.32 Å². The molecule has 1 aliphatic heterocycles. The first-order valence-corrected chi connectivity index (χ1v) is 19.0. The standard InChI is InChI=1S/C34H52F3N5O10S/c1-10-20(4)28(40(6)31(45)27(19(2)3)39-33(47)48)25(51-7)18-26(43)41-17-11-12-24(41)29(52-8)21(5)30(44)42(53(9,49)50)23-15-13-22(14-16-23)38-32(46)34(35,36)37/h13-16,19-21,24-25,27-29,39H,10-12,17-18H2,1-9H3,(H,38,46)(H,47,48)/t20-,21+,24-,25+,27-,28-,29+/m0/s1. The van der Waals surface area contributed by atoms with Crippen molar-refractivity contribution in [2.24, 2.45) is 17.8 Å². The summed E-state index contributed by atoms with van der Waals surface area (Å²) in [5.41, 5.74) is -0.475. The van der Waals surface area contributed by atoms with Crippen LogP contribution in [-0.4, -0.2) is 124 Å². The van der Waals surface area contributed by atoms with Crippen LogP contribution in [-0.2, 0) is 38.7 Å². The minimum atomic E-state index is -5.15. The number of alkyl halides is 3. The molecule has 300 valence electrons. The lowest BCUT2D eigenvalue weighted by Gasteiger charge is -2.40. The van der Waals surface area contributed by atoms with Crippen LogP contribution < -0.4 is 14.9 Å². The summed E-state index contributed by atoms with van der Waals surface area (Å²) < 4.78 is 76.0. The second-order valence-corrected chi connectivity index (χ2v) is 15.5. The number of likely N-dealkylation sites (N-methyl/N-ethyl adjacent to an activating group) is 1. The fourth-order valence-corrected chi connectivity index (χ4v) is 7.71. The summed E-state index contributed by atoms with van der Waals surface area (Å²) in [5, 5.41) is 13.3. The van der Waals surface area contributed by atoms with Crippen LogP contribution in [0.5, 0.6) is 0 Å². The van der Waals surface area contributed by atoms with Crippen LogP contribution in [0.25, 0.3) is 0 Å². The molecule has 15 nitrogen and oxygen atoms in total. The van der Waals surface area contributed by atoms with E-state index in [0.29, 0.717) is 30.1 Å². The van der Waals surface area contributed by atoms with Crippen molar-refractivity contribution >= 4 is 51.1 Å². The van der Waals surface area contributed by atoms with Crippen LogP contribution in [0, 0.1) is 17.8 Å². The number of carboxylic acid groups (broad SMARTS) is 1. The van der Waals surface area contributed by atoms with Crippen molar-refractivity contribution in [2.75, 3.05) is 43.7 Å². The number of nitrogens with zero attached hydrogens (tertiary/aromatic N) is 3. The molecule has 0 unspecified atom stereocenters. The van der Waals surface area contributed by atoms with E-state index >= 15 is 0 Å². The fourth-order valence-electron chi connectivity index (χ4n) is 6.71. The molecule has 19 heteroatoms. The number of ether oxygens (including phenoxy) is 2. The first kappa shape index (κ1) is 45.2. The van der Waals surface area contributed by atoms with Crippen LogP contribution in [0.15, 0.2) is 24.3 Å². The Morgan fingerprint density at radius 1 is 1.02 bits per heavy atom. The molecule has 53 heavy (non-hydrogen) atoms. The van der Waals surface area contributed by atoms with Gasteiger partial charge in [0, 0.05) is 33.5 Å². The summed E-state index contributed by atoms with van der Waals surface area (Å²) in [6.07, 6.45) is -6.14. The van der Waals surface area contributed by atoms with Gasteiger partial charge >= 0.3 is 18.2 Å². The summed E-state index contributed by atoms with van der Waals surface area (Å²) in [4.78, 5) is 67.2. The Morgan fingerprint density at radius 2 is 1.60 bits per heavy atom. The van der Waals surface area contributed by atoms with Gasteiger partial charge in [-0.25, -0.2) is 17.5 Å². The first-order chi connectivity index (χ1) is 24.5. The van der Waals surface area contributed by atoms with Gasteiger partial charge in [0.1, 0.15) is 6.04 Å². The van der Waals surface area contributed by atoms with Crippen molar-refractivity contribution in [3.05, 3.63) is 24.3 Å². The molecule has 0 aliphatic carbocycles. The molecule has 1 aromatic rings. The van der Waals surface area contributed by atoms with Gasteiger partial charge in [-0.15, -0.1) is 0 Å². The van der Waals surface area contributed by atoms with Crippen molar-refractivity contribution in [2.45, 2.75) is 96.8 Å². The minimum absolute atomic E-state index is 0.171. The monoisotopic (exact) mass is 779 g/mol. The van der Waals surface area contributed by atoms with Crippen LogP contribution in [0.2, 0.25) is 0 Å². The number of amides is 5. The van der Waals surface area contributed by atoms with Crippen LogP contribution in [0.3, 0.4) is 0 Å². The summed E-state index contributed by atoms with van der Waals surface area (Å²) in [6, 6.07) is 1.86. The number of benzene rings is 1. The second kappa shape index (κ2) is 18.9. The van der Waals surface area contributed by atoms with Crippen LogP contribution in [0.4, 0.5) is 29.3 Å². The summed E-state index contributed by atoms with van der Waals surface area (Å²) in [7, 11) is -0.0124. The number of sulfonamides is 1. The highest BCUT2D eigenvalue weighted by atomic mass is 32.2. The van der Waals surface area contributed by atoms with E-state index in [4.69, 9.17) is 9.47 Å². The summed E-state index contributed by atoms with van der Waals surface area (Å²) >= 11 is 0. The Labute approximate surface area is 308 Å². The molecule has 1 saturated heterocycles. The van der Waals surface area contributed by atoms with E-state index in [1.807, 2.05) is 13.8 Å². The molecule has 3 N–H and O–H groups in total. The fraction of sp³-hybridized carbons (Fsp3) is 0.676. The molecule has 0 radical (unpaired) electrons. The van der Waals surface area contributed by atoms with Crippen molar-refractivity contribution in [3.8, 4) is 0 Å². The van der Waals surface area contributed by atoms with Gasteiger partial charge in [0.15, 0.2) is 0 Å². The van der Waals surface area contributed by atoms with E-state index in [1.165, 1.54) is 26.0 Å². The summed E-state index contributed by atoms with van der Waals surface area (Å²) in [5.74, 6) is -5.69. The maximum absolute atomic E-state index is 14.0. The maximum atomic E-state index is 14.0. The highest BCUT2D eigenvalue weighted by Crippen LogP contribution is 2.32. The van der Waals surface area contributed by atoms with Gasteiger partial charge in [0.05, 0.1) is 48.6 Å². The molecular weight excluding hydrogens is 727 g/mol. The number of carbonyl (C=O) groups excluding carboxylic acids is 4. The van der Waals surface area contributed by atoms with E-state index < -0.39 is 76.3 Å². The number of methoxy groups -OCH3 is 2. The highest BCUT2D eigenvalue weighted by molar-refractivity contribution is 7.92. The minimum Gasteiger partial charge on any atom is -0.465 e. The molecule has 1 aromatic carbocycles. The average Bonchev–Trinajstić information content (AvgIpc) is 3.55. The zero-order valence-electron chi connectivity index (χ0n) is 31.5. The number of nitrogens with one attached hydrogen (secondary N) is 2. The third-order valence-corrected chi connectivity index (χ3v) is 10.6. The third-order valence-electron chi connectivity index (χ3n) is 9.60. The van der Waals surface area contributed by atoms with Gasteiger partial charge in [-0.3, -0.25) is 19.2 Å². The normalized spacial score (nSPS) is 18.4. The lowest BCUT2D eigenvalue weighted by atomic mass is 9.89. The van der Waals surface area contributed by atoms with E-state index in [9.17, 15) is 50.7 Å². The van der Waals surface area contributed by atoms with Gasteiger partial charge < -0.3 is 35.0 Å².